The van der Waals surface area contributed by atoms with Gasteiger partial charge in [-0.2, -0.15) is 4.98 Å². The molecule has 2 heterocycles. The van der Waals surface area contributed by atoms with Crippen molar-refractivity contribution >= 4 is 5.91 Å². The Balaban J connectivity index is 1.34. The van der Waals surface area contributed by atoms with Crippen LogP contribution >= 0.6 is 0 Å². The number of hydrogen-bond acceptors (Lipinski definition) is 4. The summed E-state index contributed by atoms with van der Waals surface area (Å²) in [6, 6.07) is 8.09. The highest BCUT2D eigenvalue weighted by atomic mass is 16.5. The van der Waals surface area contributed by atoms with Crippen molar-refractivity contribution in [1.82, 2.24) is 15.0 Å². The van der Waals surface area contributed by atoms with Crippen LogP contribution in [0.4, 0.5) is 0 Å². The van der Waals surface area contributed by atoms with Gasteiger partial charge in [0.15, 0.2) is 0 Å². The van der Waals surface area contributed by atoms with Crippen molar-refractivity contribution in [1.29, 1.82) is 0 Å². The Morgan fingerprint density at radius 2 is 1.89 bits per heavy atom. The molecule has 150 valence electrons. The second-order valence-corrected chi connectivity index (χ2v) is 8.59. The van der Waals surface area contributed by atoms with Crippen molar-refractivity contribution in [3.05, 3.63) is 35.7 Å². The monoisotopic (exact) mass is 381 g/mol. The van der Waals surface area contributed by atoms with E-state index in [0.717, 1.165) is 49.9 Å². The SMILES string of the molecule is Cc1ccccc1-c1noc(CC2CCCN(C(=O)CC3CCCCC3)C2)n1. The number of rotatable bonds is 5. The number of carbonyl (C=O) groups excluding carboxylic acids is 1. The van der Waals surface area contributed by atoms with Crippen molar-refractivity contribution in [2.75, 3.05) is 13.1 Å². The van der Waals surface area contributed by atoms with Crippen LogP contribution in [0, 0.1) is 18.8 Å². The lowest BCUT2D eigenvalue weighted by atomic mass is 9.86. The summed E-state index contributed by atoms with van der Waals surface area (Å²) in [6.07, 6.45) is 10.1. The summed E-state index contributed by atoms with van der Waals surface area (Å²) < 4.78 is 5.53. The predicted molar refractivity (Wildman–Crippen MR) is 109 cm³/mol. The third kappa shape index (κ3) is 4.62. The Kier molecular flexibility index (Phi) is 6.08. The molecule has 1 aromatic heterocycles. The minimum atomic E-state index is 0.350. The fourth-order valence-electron chi connectivity index (χ4n) is 4.74. The zero-order valence-corrected chi connectivity index (χ0v) is 16.9. The first-order valence-corrected chi connectivity index (χ1v) is 10.9. The Hall–Kier alpha value is -2.17. The van der Waals surface area contributed by atoms with Gasteiger partial charge in [0.25, 0.3) is 0 Å². The number of benzene rings is 1. The van der Waals surface area contributed by atoms with Crippen LogP contribution in [0.15, 0.2) is 28.8 Å². The van der Waals surface area contributed by atoms with Gasteiger partial charge >= 0.3 is 0 Å². The van der Waals surface area contributed by atoms with Gasteiger partial charge in [-0.05, 0) is 50.0 Å². The highest BCUT2D eigenvalue weighted by Crippen LogP contribution is 2.28. The highest BCUT2D eigenvalue weighted by Gasteiger charge is 2.27. The Bertz CT molecular complexity index is 795. The Labute approximate surface area is 167 Å². The smallest absolute Gasteiger partial charge is 0.227 e. The second-order valence-electron chi connectivity index (χ2n) is 8.59. The van der Waals surface area contributed by atoms with Crippen molar-refractivity contribution in [3.63, 3.8) is 0 Å². The normalized spacial score (nSPS) is 21.0. The van der Waals surface area contributed by atoms with Gasteiger partial charge in [-0.15, -0.1) is 0 Å². The lowest BCUT2D eigenvalue weighted by molar-refractivity contribution is -0.134. The van der Waals surface area contributed by atoms with Crippen LogP contribution in [0.5, 0.6) is 0 Å². The molecule has 1 saturated carbocycles. The molecule has 5 heteroatoms. The number of piperidine rings is 1. The molecule has 2 aromatic rings. The quantitative estimate of drug-likeness (QED) is 0.747. The van der Waals surface area contributed by atoms with Crippen LogP contribution < -0.4 is 0 Å². The molecule has 5 nitrogen and oxygen atoms in total. The van der Waals surface area contributed by atoms with E-state index in [0.29, 0.717) is 29.5 Å². The van der Waals surface area contributed by atoms with E-state index in [9.17, 15) is 4.79 Å². The van der Waals surface area contributed by atoms with Crippen LogP contribution in [0.2, 0.25) is 0 Å². The van der Waals surface area contributed by atoms with Crippen molar-refractivity contribution in [2.24, 2.45) is 11.8 Å². The summed E-state index contributed by atoms with van der Waals surface area (Å²) in [5.74, 6) is 2.71. The van der Waals surface area contributed by atoms with E-state index in [2.05, 4.69) is 28.0 Å². The first-order chi connectivity index (χ1) is 13.7. The van der Waals surface area contributed by atoms with E-state index >= 15 is 0 Å². The number of likely N-dealkylation sites (tertiary alicyclic amines) is 1. The minimum Gasteiger partial charge on any atom is -0.342 e. The molecule has 0 bridgehead atoms. The van der Waals surface area contributed by atoms with Gasteiger partial charge in [0.05, 0.1) is 0 Å². The molecule has 1 amide bonds. The first-order valence-electron chi connectivity index (χ1n) is 10.9. The number of hydrogen-bond donors (Lipinski definition) is 0. The molecule has 0 spiro atoms. The third-order valence-electron chi connectivity index (χ3n) is 6.38. The van der Waals surface area contributed by atoms with Gasteiger partial charge in [-0.3, -0.25) is 4.79 Å². The minimum absolute atomic E-state index is 0.350. The summed E-state index contributed by atoms with van der Waals surface area (Å²) in [5.41, 5.74) is 2.16. The molecule has 1 atom stereocenters. The molecule has 1 unspecified atom stereocenters. The van der Waals surface area contributed by atoms with Crippen LogP contribution in [0.25, 0.3) is 11.4 Å². The zero-order valence-electron chi connectivity index (χ0n) is 16.9. The van der Waals surface area contributed by atoms with E-state index in [-0.39, 0.29) is 0 Å². The molecule has 4 rings (SSSR count). The second kappa shape index (κ2) is 8.89. The van der Waals surface area contributed by atoms with Gasteiger partial charge in [-0.25, -0.2) is 0 Å². The number of carbonyl (C=O) groups is 1. The largest absolute Gasteiger partial charge is 0.342 e. The third-order valence-corrected chi connectivity index (χ3v) is 6.38. The van der Waals surface area contributed by atoms with Crippen molar-refractivity contribution in [3.8, 4) is 11.4 Å². The van der Waals surface area contributed by atoms with Crippen LogP contribution in [-0.4, -0.2) is 34.0 Å². The van der Waals surface area contributed by atoms with E-state index < -0.39 is 0 Å². The summed E-state index contributed by atoms with van der Waals surface area (Å²) in [5, 5.41) is 4.18. The van der Waals surface area contributed by atoms with Gasteiger partial charge in [0, 0.05) is 31.5 Å². The molecular formula is C23H31N3O2. The average Bonchev–Trinajstić information content (AvgIpc) is 3.17. The van der Waals surface area contributed by atoms with E-state index in [1.165, 1.54) is 32.1 Å². The van der Waals surface area contributed by atoms with Crippen LogP contribution in [-0.2, 0) is 11.2 Å². The number of amides is 1. The average molecular weight is 382 g/mol. The molecule has 1 saturated heterocycles. The first kappa shape index (κ1) is 19.2. The van der Waals surface area contributed by atoms with Gasteiger partial charge in [-0.1, -0.05) is 48.7 Å². The fraction of sp³-hybridized carbons (Fsp3) is 0.609. The molecular weight excluding hydrogens is 350 g/mol. The molecule has 1 aliphatic heterocycles. The lowest BCUT2D eigenvalue weighted by Crippen LogP contribution is -2.41. The zero-order chi connectivity index (χ0) is 19.3. The lowest BCUT2D eigenvalue weighted by Gasteiger charge is -2.33. The molecule has 1 aliphatic carbocycles. The maximum Gasteiger partial charge on any atom is 0.227 e. The molecule has 28 heavy (non-hydrogen) atoms. The van der Waals surface area contributed by atoms with Gasteiger partial charge < -0.3 is 9.42 Å². The summed E-state index contributed by atoms with van der Waals surface area (Å²) in [4.78, 5) is 19.5. The number of aryl methyl sites for hydroxylation is 1. The molecule has 2 fully saturated rings. The van der Waals surface area contributed by atoms with Gasteiger partial charge in [0.1, 0.15) is 0 Å². The summed E-state index contributed by atoms with van der Waals surface area (Å²) in [7, 11) is 0. The molecule has 0 radical (unpaired) electrons. The predicted octanol–water partition coefficient (Wildman–Crippen LogP) is 4.80. The topological polar surface area (TPSA) is 59.2 Å². The van der Waals surface area contributed by atoms with E-state index in [1.54, 1.807) is 0 Å². The molecule has 1 aromatic carbocycles. The van der Waals surface area contributed by atoms with Crippen molar-refractivity contribution < 1.29 is 9.32 Å². The fourth-order valence-corrected chi connectivity index (χ4v) is 4.74. The number of nitrogens with zero attached hydrogens (tertiary/aromatic N) is 3. The van der Waals surface area contributed by atoms with Crippen LogP contribution in [0.1, 0.15) is 62.8 Å². The summed E-state index contributed by atoms with van der Waals surface area (Å²) >= 11 is 0. The Morgan fingerprint density at radius 3 is 2.71 bits per heavy atom. The Morgan fingerprint density at radius 1 is 1.11 bits per heavy atom. The number of aromatic nitrogens is 2. The summed E-state index contributed by atoms with van der Waals surface area (Å²) in [6.45, 7) is 3.79. The standard InChI is InChI=1S/C23H31N3O2/c1-17-8-5-6-12-20(17)23-24-21(28-25-23)14-19-11-7-13-26(16-19)22(27)15-18-9-3-2-4-10-18/h5-6,8,12,18-19H,2-4,7,9-11,13-16H2,1H3. The maximum atomic E-state index is 12.8. The maximum absolute atomic E-state index is 12.8. The van der Waals surface area contributed by atoms with E-state index in [1.807, 2.05) is 18.2 Å². The van der Waals surface area contributed by atoms with Gasteiger partial charge in [0.2, 0.25) is 17.6 Å². The molecule has 0 N–H and O–H groups in total. The van der Waals surface area contributed by atoms with Crippen molar-refractivity contribution in [2.45, 2.75) is 64.7 Å². The van der Waals surface area contributed by atoms with E-state index in [4.69, 9.17) is 4.52 Å². The molecule has 2 aliphatic rings. The van der Waals surface area contributed by atoms with Crippen LogP contribution in [0.3, 0.4) is 0 Å². The highest BCUT2D eigenvalue weighted by molar-refractivity contribution is 5.76.